The summed E-state index contributed by atoms with van der Waals surface area (Å²) in [7, 11) is 3.83. The number of halogens is 2. The van der Waals surface area contributed by atoms with Gasteiger partial charge < -0.3 is 14.8 Å². The number of amides is 1. The number of aryl methyl sites for hydroxylation is 4. The average molecular weight is 426 g/mol. The van der Waals surface area contributed by atoms with Gasteiger partial charge in [0, 0.05) is 51.5 Å². The van der Waals surface area contributed by atoms with E-state index in [1.165, 1.54) is 0 Å². The molecule has 0 aliphatic carbocycles. The molecule has 0 saturated carbocycles. The minimum absolute atomic E-state index is 0. The smallest absolute Gasteiger partial charge is 0.256 e. The number of piperazine rings is 1. The lowest BCUT2D eigenvalue weighted by Crippen LogP contribution is -2.49. The fourth-order valence-electron chi connectivity index (χ4n) is 3.68. The Kier molecular flexibility index (Phi) is 6.69. The zero-order valence-corrected chi connectivity index (χ0v) is 18.0. The van der Waals surface area contributed by atoms with Crippen LogP contribution >= 0.6 is 24.8 Å². The summed E-state index contributed by atoms with van der Waals surface area (Å²) in [6.45, 7) is 5.92. The lowest BCUT2D eigenvalue weighted by molar-refractivity contribution is 0.0620. The van der Waals surface area contributed by atoms with Gasteiger partial charge >= 0.3 is 0 Å². The van der Waals surface area contributed by atoms with Crippen molar-refractivity contribution in [3.05, 3.63) is 41.2 Å². The molecule has 1 N–H and O–H groups in total. The van der Waals surface area contributed by atoms with Crippen molar-refractivity contribution in [3.8, 4) is 0 Å². The highest BCUT2D eigenvalue weighted by Gasteiger charge is 2.32. The number of rotatable bonds is 2. The van der Waals surface area contributed by atoms with Gasteiger partial charge in [0.15, 0.2) is 5.65 Å². The first-order valence-electron chi connectivity index (χ1n) is 8.77. The highest BCUT2D eigenvalue weighted by atomic mass is 35.5. The van der Waals surface area contributed by atoms with Crippen molar-refractivity contribution >= 4 is 41.8 Å². The summed E-state index contributed by atoms with van der Waals surface area (Å²) in [6.07, 6.45) is 3.68. The summed E-state index contributed by atoms with van der Waals surface area (Å²) in [6, 6.07) is 1.83. The molecule has 1 amide bonds. The van der Waals surface area contributed by atoms with E-state index in [-0.39, 0.29) is 36.8 Å². The third-order valence-electron chi connectivity index (χ3n) is 5.08. The average Bonchev–Trinajstić information content (AvgIpc) is 3.17. The second kappa shape index (κ2) is 8.46. The van der Waals surface area contributed by atoms with Gasteiger partial charge in [-0.2, -0.15) is 5.10 Å². The highest BCUT2D eigenvalue weighted by Crippen LogP contribution is 2.26. The van der Waals surface area contributed by atoms with E-state index in [1.54, 1.807) is 10.9 Å². The fourth-order valence-corrected chi connectivity index (χ4v) is 3.68. The van der Waals surface area contributed by atoms with Crippen LogP contribution in [0.15, 0.2) is 18.5 Å². The molecule has 3 aromatic heterocycles. The van der Waals surface area contributed by atoms with Crippen LogP contribution in [0.25, 0.3) is 11.0 Å². The number of carbonyl (C=O) groups is 1. The van der Waals surface area contributed by atoms with Crippen molar-refractivity contribution in [1.29, 1.82) is 0 Å². The van der Waals surface area contributed by atoms with E-state index in [2.05, 4.69) is 20.4 Å². The molecular weight excluding hydrogens is 401 g/mol. The number of imidazole rings is 1. The molecule has 10 heteroatoms. The molecule has 0 radical (unpaired) electrons. The van der Waals surface area contributed by atoms with Crippen LogP contribution in [-0.4, -0.2) is 54.8 Å². The Labute approximate surface area is 176 Å². The molecule has 0 aromatic carbocycles. The number of hydrogen-bond acceptors (Lipinski definition) is 5. The SMILES string of the molecule is Cc1nc2c(cc1C(=O)N1CCNCC1c1nccn1C)c(C)nn2C.Cl.Cl. The molecule has 1 saturated heterocycles. The summed E-state index contributed by atoms with van der Waals surface area (Å²) in [5, 5.41) is 8.71. The van der Waals surface area contributed by atoms with Gasteiger partial charge in [-0.15, -0.1) is 24.8 Å². The van der Waals surface area contributed by atoms with Gasteiger partial charge in [0.25, 0.3) is 5.91 Å². The molecule has 8 nitrogen and oxygen atoms in total. The Bertz CT molecular complexity index is 997. The van der Waals surface area contributed by atoms with E-state index in [0.717, 1.165) is 34.8 Å². The zero-order chi connectivity index (χ0) is 18.4. The molecule has 4 heterocycles. The third kappa shape index (κ3) is 3.59. The standard InChI is InChI=1S/C18H23N7O.2ClH/c1-11-14(9-13-12(2)22-24(4)16(13)21-11)18(26)25-8-5-19-10-15(25)17-20-6-7-23(17)3;;/h6-7,9,15,19H,5,8,10H2,1-4H3;2*1H. The van der Waals surface area contributed by atoms with Crippen molar-refractivity contribution < 1.29 is 4.79 Å². The number of aromatic nitrogens is 5. The van der Waals surface area contributed by atoms with Crippen LogP contribution in [0.2, 0.25) is 0 Å². The maximum absolute atomic E-state index is 13.4. The monoisotopic (exact) mass is 425 g/mol. The Balaban J connectivity index is 0.00000140. The quantitative estimate of drug-likeness (QED) is 0.678. The Hall–Kier alpha value is -2.16. The molecule has 0 bridgehead atoms. The number of nitrogens with zero attached hydrogens (tertiary/aromatic N) is 6. The Morgan fingerprint density at radius 3 is 2.64 bits per heavy atom. The van der Waals surface area contributed by atoms with Crippen LogP contribution in [0.3, 0.4) is 0 Å². The first-order valence-corrected chi connectivity index (χ1v) is 8.77. The largest absolute Gasteiger partial charge is 0.336 e. The summed E-state index contributed by atoms with van der Waals surface area (Å²) in [5.41, 5.74) is 3.04. The second-order valence-corrected chi connectivity index (χ2v) is 6.82. The molecule has 3 aromatic rings. The Morgan fingerprint density at radius 1 is 1.21 bits per heavy atom. The summed E-state index contributed by atoms with van der Waals surface area (Å²) in [5.74, 6) is 0.879. The minimum Gasteiger partial charge on any atom is -0.336 e. The van der Waals surface area contributed by atoms with E-state index < -0.39 is 0 Å². The van der Waals surface area contributed by atoms with Gasteiger partial charge in [-0.3, -0.25) is 9.48 Å². The van der Waals surface area contributed by atoms with Gasteiger partial charge in [-0.25, -0.2) is 9.97 Å². The number of hydrogen-bond donors (Lipinski definition) is 1. The van der Waals surface area contributed by atoms with Crippen LogP contribution in [0.5, 0.6) is 0 Å². The van der Waals surface area contributed by atoms with Gasteiger partial charge in [-0.1, -0.05) is 0 Å². The van der Waals surface area contributed by atoms with Crippen molar-refractivity contribution in [2.75, 3.05) is 19.6 Å². The summed E-state index contributed by atoms with van der Waals surface area (Å²) >= 11 is 0. The topological polar surface area (TPSA) is 80.9 Å². The molecule has 28 heavy (non-hydrogen) atoms. The Morgan fingerprint density at radius 2 is 1.96 bits per heavy atom. The highest BCUT2D eigenvalue weighted by molar-refractivity contribution is 5.99. The number of fused-ring (bicyclic) bond motifs is 1. The molecule has 1 aliphatic rings. The van der Waals surface area contributed by atoms with E-state index >= 15 is 0 Å². The first kappa shape index (κ1) is 22.1. The van der Waals surface area contributed by atoms with Gasteiger partial charge in [0.1, 0.15) is 11.9 Å². The van der Waals surface area contributed by atoms with Crippen LogP contribution in [-0.2, 0) is 14.1 Å². The maximum Gasteiger partial charge on any atom is 0.256 e. The first-order chi connectivity index (χ1) is 12.5. The molecule has 4 rings (SSSR count). The van der Waals surface area contributed by atoms with Gasteiger partial charge in [0.2, 0.25) is 0 Å². The number of pyridine rings is 1. The number of nitrogens with one attached hydrogen (secondary N) is 1. The molecule has 1 atom stereocenters. The number of carbonyl (C=O) groups excluding carboxylic acids is 1. The molecule has 1 fully saturated rings. The summed E-state index contributed by atoms with van der Waals surface area (Å²) in [4.78, 5) is 24.4. The predicted molar refractivity (Wildman–Crippen MR) is 112 cm³/mol. The third-order valence-corrected chi connectivity index (χ3v) is 5.08. The van der Waals surface area contributed by atoms with Gasteiger partial charge in [-0.05, 0) is 19.9 Å². The molecule has 0 spiro atoms. The van der Waals surface area contributed by atoms with Crippen molar-refractivity contribution in [2.24, 2.45) is 14.1 Å². The van der Waals surface area contributed by atoms with E-state index in [4.69, 9.17) is 0 Å². The maximum atomic E-state index is 13.4. The zero-order valence-electron chi connectivity index (χ0n) is 16.3. The second-order valence-electron chi connectivity index (χ2n) is 6.82. The van der Waals surface area contributed by atoms with Crippen molar-refractivity contribution in [2.45, 2.75) is 19.9 Å². The van der Waals surface area contributed by atoms with Crippen LogP contribution in [0, 0.1) is 13.8 Å². The van der Waals surface area contributed by atoms with Crippen LogP contribution in [0.1, 0.15) is 33.6 Å². The molecule has 152 valence electrons. The molecule has 1 aliphatic heterocycles. The van der Waals surface area contributed by atoms with E-state index in [0.29, 0.717) is 18.7 Å². The molecular formula is C18H25Cl2N7O. The fraction of sp³-hybridized carbons (Fsp3) is 0.444. The van der Waals surface area contributed by atoms with Crippen LogP contribution in [0.4, 0.5) is 0 Å². The molecule has 1 unspecified atom stereocenters. The van der Waals surface area contributed by atoms with E-state index in [1.807, 2.05) is 49.7 Å². The van der Waals surface area contributed by atoms with Crippen molar-refractivity contribution in [3.63, 3.8) is 0 Å². The van der Waals surface area contributed by atoms with Crippen molar-refractivity contribution in [1.82, 2.24) is 34.5 Å². The predicted octanol–water partition coefficient (Wildman–Crippen LogP) is 1.95. The lowest BCUT2D eigenvalue weighted by Gasteiger charge is -2.36. The van der Waals surface area contributed by atoms with E-state index in [9.17, 15) is 4.79 Å². The minimum atomic E-state index is -0.0960. The lowest BCUT2D eigenvalue weighted by atomic mass is 10.1. The van der Waals surface area contributed by atoms with Crippen LogP contribution < -0.4 is 5.32 Å². The summed E-state index contributed by atoms with van der Waals surface area (Å²) < 4.78 is 3.73. The normalized spacial score (nSPS) is 16.6. The van der Waals surface area contributed by atoms with Gasteiger partial charge in [0.05, 0.1) is 17.0 Å².